The number of hydrogen-bond acceptors (Lipinski definition) is 6. The normalized spacial score (nSPS) is 11.2. The molecule has 52 heavy (non-hydrogen) atoms. The molecule has 0 aliphatic rings. The molecule has 6 nitrogen and oxygen atoms in total. The van der Waals surface area contributed by atoms with Crippen molar-refractivity contribution in [1.29, 1.82) is 0 Å². The number of benzene rings is 3. The van der Waals surface area contributed by atoms with E-state index >= 15 is 0 Å². The topological polar surface area (TPSA) is 77.4 Å². The van der Waals surface area contributed by atoms with Gasteiger partial charge in [-0.3, -0.25) is 0 Å². The molecule has 3 aromatic rings. The zero-order chi connectivity index (χ0) is 37.1. The highest BCUT2D eigenvalue weighted by Crippen LogP contribution is 2.28. The van der Waals surface area contributed by atoms with Gasteiger partial charge in [0.05, 0.1) is 13.2 Å². The summed E-state index contributed by atoms with van der Waals surface area (Å²) >= 11 is 0. The van der Waals surface area contributed by atoms with Gasteiger partial charge < -0.3 is 29.2 Å². The van der Waals surface area contributed by atoms with Crippen LogP contribution in [0, 0.1) is 0 Å². The van der Waals surface area contributed by atoms with Gasteiger partial charge in [-0.05, 0) is 122 Å². The predicted molar refractivity (Wildman–Crippen MR) is 215 cm³/mol. The first kappa shape index (κ1) is 43.2. The molecule has 3 rings (SSSR count). The average molecular weight is 719 g/mol. The fraction of sp³-hybridized carbons (Fsp3) is 0.609. The van der Waals surface area contributed by atoms with Crippen LogP contribution in [-0.4, -0.2) is 36.6 Å². The van der Waals surface area contributed by atoms with E-state index in [4.69, 9.17) is 29.2 Å². The summed E-state index contributed by atoms with van der Waals surface area (Å²) in [5.41, 5.74) is 5.94. The molecule has 0 atom stereocenters. The molecule has 3 aromatic carbocycles. The number of unbranched alkanes of at least 4 members (excludes halogenated alkanes) is 12. The Balaban J connectivity index is 1.69. The first-order chi connectivity index (χ1) is 25.6. The van der Waals surface area contributed by atoms with Gasteiger partial charge >= 0.3 is 0 Å². The molecule has 0 amide bonds. The zero-order valence-electron chi connectivity index (χ0n) is 32.9. The first-order valence-electron chi connectivity index (χ1n) is 20.7. The third-order valence-electron chi connectivity index (χ3n) is 9.49. The van der Waals surface area contributed by atoms with Crippen LogP contribution in [0.2, 0.25) is 0 Å². The fourth-order valence-corrected chi connectivity index (χ4v) is 6.44. The van der Waals surface area contributed by atoms with Crippen molar-refractivity contribution in [3.05, 3.63) is 82.4 Å². The van der Waals surface area contributed by atoms with E-state index in [0.29, 0.717) is 13.2 Å². The Morgan fingerprint density at radius 3 is 1.17 bits per heavy atom. The van der Waals surface area contributed by atoms with Crippen LogP contribution in [0.25, 0.3) is 0 Å². The monoisotopic (exact) mass is 719 g/mol. The third-order valence-corrected chi connectivity index (χ3v) is 9.49. The smallest absolute Gasteiger partial charge is 0.123 e. The summed E-state index contributed by atoms with van der Waals surface area (Å²) in [6.07, 6.45) is 20.6. The van der Waals surface area contributed by atoms with Crippen LogP contribution in [0.1, 0.15) is 151 Å². The SMILES string of the molecule is CCCCCCOc1cc(CCCCCCO)cc(COc2cc(CC)cc(OCc3cc(CCCCCCO)cc(OCCCCCC)c3)c2)c1. The molecule has 0 aromatic heterocycles. The molecule has 2 N–H and O–H groups in total. The minimum absolute atomic E-state index is 0.268. The molecule has 0 fully saturated rings. The Labute approximate surface area is 316 Å². The van der Waals surface area contributed by atoms with Crippen molar-refractivity contribution in [2.75, 3.05) is 26.4 Å². The Morgan fingerprint density at radius 2 is 0.750 bits per heavy atom. The average Bonchev–Trinajstić information content (AvgIpc) is 3.16. The fourth-order valence-electron chi connectivity index (χ4n) is 6.44. The largest absolute Gasteiger partial charge is 0.494 e. The summed E-state index contributed by atoms with van der Waals surface area (Å²) < 4.78 is 25.3. The summed E-state index contributed by atoms with van der Waals surface area (Å²) in [4.78, 5) is 0. The third kappa shape index (κ3) is 18.5. The van der Waals surface area contributed by atoms with Crippen LogP contribution in [-0.2, 0) is 32.5 Å². The van der Waals surface area contributed by atoms with Gasteiger partial charge in [-0.1, -0.05) is 97.1 Å². The lowest BCUT2D eigenvalue weighted by Crippen LogP contribution is -2.03. The van der Waals surface area contributed by atoms with E-state index in [0.717, 1.165) is 131 Å². The molecule has 290 valence electrons. The highest BCUT2D eigenvalue weighted by molar-refractivity contribution is 5.40. The Hall–Kier alpha value is -3.22. The zero-order valence-corrected chi connectivity index (χ0v) is 32.9. The molecular weight excluding hydrogens is 649 g/mol. The molecule has 0 bridgehead atoms. The lowest BCUT2D eigenvalue weighted by molar-refractivity contribution is 0.282. The summed E-state index contributed by atoms with van der Waals surface area (Å²) in [5.74, 6) is 3.45. The molecule has 0 saturated heterocycles. The second-order valence-corrected chi connectivity index (χ2v) is 14.3. The molecule has 0 saturated carbocycles. The van der Waals surface area contributed by atoms with Gasteiger partial charge in [-0.25, -0.2) is 0 Å². The van der Waals surface area contributed by atoms with Gasteiger partial charge in [-0.15, -0.1) is 0 Å². The Morgan fingerprint density at radius 1 is 0.365 bits per heavy atom. The minimum Gasteiger partial charge on any atom is -0.494 e. The number of aliphatic hydroxyl groups excluding tert-OH is 2. The van der Waals surface area contributed by atoms with Gasteiger partial charge in [0.2, 0.25) is 0 Å². The van der Waals surface area contributed by atoms with Crippen LogP contribution < -0.4 is 18.9 Å². The van der Waals surface area contributed by atoms with E-state index in [1.54, 1.807) is 0 Å². The van der Waals surface area contributed by atoms with Crippen molar-refractivity contribution in [3.8, 4) is 23.0 Å². The maximum Gasteiger partial charge on any atom is 0.123 e. The quantitative estimate of drug-likeness (QED) is 0.0645. The van der Waals surface area contributed by atoms with E-state index in [-0.39, 0.29) is 13.2 Å². The minimum atomic E-state index is 0.268. The van der Waals surface area contributed by atoms with Crippen molar-refractivity contribution in [2.45, 2.75) is 156 Å². The van der Waals surface area contributed by atoms with Gasteiger partial charge in [0.25, 0.3) is 0 Å². The lowest BCUT2D eigenvalue weighted by Gasteiger charge is -2.15. The lowest BCUT2D eigenvalue weighted by atomic mass is 10.0. The highest BCUT2D eigenvalue weighted by Gasteiger charge is 2.09. The van der Waals surface area contributed by atoms with E-state index in [9.17, 15) is 0 Å². The Kier molecular flexibility index (Phi) is 22.8. The maximum absolute atomic E-state index is 9.14. The number of aliphatic hydroxyl groups is 2. The van der Waals surface area contributed by atoms with E-state index in [1.807, 2.05) is 6.07 Å². The van der Waals surface area contributed by atoms with Crippen LogP contribution in [0.4, 0.5) is 0 Å². The molecule has 0 aliphatic heterocycles. The second-order valence-electron chi connectivity index (χ2n) is 14.3. The molecule has 0 heterocycles. The summed E-state index contributed by atoms with van der Waals surface area (Å²) in [6.45, 7) is 9.54. The molecule has 0 radical (unpaired) electrons. The van der Waals surface area contributed by atoms with Crippen molar-refractivity contribution < 1.29 is 29.2 Å². The van der Waals surface area contributed by atoms with E-state index in [2.05, 4.69) is 69.3 Å². The Bertz CT molecular complexity index is 1190. The number of rotatable bonds is 31. The van der Waals surface area contributed by atoms with Crippen molar-refractivity contribution >= 4 is 0 Å². The van der Waals surface area contributed by atoms with Gasteiger partial charge in [0, 0.05) is 19.3 Å². The number of ether oxygens (including phenoxy) is 4. The van der Waals surface area contributed by atoms with Crippen LogP contribution in [0.3, 0.4) is 0 Å². The van der Waals surface area contributed by atoms with Crippen LogP contribution >= 0.6 is 0 Å². The molecule has 0 spiro atoms. The summed E-state index contributed by atoms with van der Waals surface area (Å²) in [5, 5.41) is 18.3. The van der Waals surface area contributed by atoms with Crippen LogP contribution in [0.15, 0.2) is 54.6 Å². The molecule has 0 unspecified atom stereocenters. The van der Waals surface area contributed by atoms with E-state index in [1.165, 1.54) is 55.2 Å². The van der Waals surface area contributed by atoms with Crippen LogP contribution in [0.5, 0.6) is 23.0 Å². The van der Waals surface area contributed by atoms with Crippen molar-refractivity contribution in [3.63, 3.8) is 0 Å². The van der Waals surface area contributed by atoms with Crippen molar-refractivity contribution in [2.24, 2.45) is 0 Å². The highest BCUT2D eigenvalue weighted by atomic mass is 16.5. The predicted octanol–water partition coefficient (Wildman–Crippen LogP) is 11.5. The van der Waals surface area contributed by atoms with Gasteiger partial charge in [-0.2, -0.15) is 0 Å². The van der Waals surface area contributed by atoms with E-state index < -0.39 is 0 Å². The number of aryl methyl sites for hydroxylation is 3. The summed E-state index contributed by atoms with van der Waals surface area (Å²) in [7, 11) is 0. The first-order valence-corrected chi connectivity index (χ1v) is 20.7. The number of hydrogen-bond donors (Lipinski definition) is 2. The second kappa shape index (κ2) is 27.4. The van der Waals surface area contributed by atoms with Gasteiger partial charge in [0.15, 0.2) is 0 Å². The standard InChI is InChI=1S/C46H70O6/c1-4-7-9-19-25-49-43-31-39(21-15-11-13-17-23-47)27-41(33-43)36-51-45-29-38(6-3)30-46(35-45)52-37-42-28-40(22-16-12-14-18-24-48)32-44(34-42)50-26-20-10-8-5-2/h27-35,47-48H,4-26,36-37H2,1-3H3. The molecule has 0 aliphatic carbocycles. The van der Waals surface area contributed by atoms with Gasteiger partial charge in [0.1, 0.15) is 36.2 Å². The van der Waals surface area contributed by atoms with Crippen molar-refractivity contribution in [1.82, 2.24) is 0 Å². The summed E-state index contributed by atoms with van der Waals surface area (Å²) in [6, 6.07) is 19.4. The molecular formula is C46H70O6. The maximum atomic E-state index is 9.14. The molecule has 6 heteroatoms.